The summed E-state index contributed by atoms with van der Waals surface area (Å²) in [5.74, 6) is 0. The van der Waals surface area contributed by atoms with Crippen LogP contribution in [0.5, 0.6) is 0 Å². The van der Waals surface area contributed by atoms with E-state index in [2.05, 4.69) is 10.0 Å². The zero-order valence-corrected chi connectivity index (χ0v) is 42.5. The molecule has 16 heteroatoms. The Labute approximate surface area is 429 Å². The number of ether oxygens (including phenoxy) is 8. The molecule has 0 aliphatic carbocycles. The first-order chi connectivity index (χ1) is 35.8. The van der Waals surface area contributed by atoms with Crippen molar-refractivity contribution in [2.45, 2.75) is 89.5 Å². The second-order valence-corrected chi connectivity index (χ2v) is 19.1. The van der Waals surface area contributed by atoms with Crippen LogP contribution < -0.4 is 0 Å². The van der Waals surface area contributed by atoms with Gasteiger partial charge in [-0.15, -0.1) is 0 Å². The Bertz CT molecular complexity index is 2470. The second-order valence-electron chi connectivity index (χ2n) is 17.1. The molecule has 0 aromatic heterocycles. The first-order valence-corrected chi connectivity index (χ1v) is 26.4. The predicted molar refractivity (Wildman–Crippen MR) is 278 cm³/mol. The molecule has 0 amide bonds. The first kappa shape index (κ1) is 56.7. The third kappa shape index (κ3) is 21.1. The quantitative estimate of drug-likeness (QED) is 0.0143. The van der Waals surface area contributed by atoms with Gasteiger partial charge in [0.05, 0.1) is 78.8 Å². The van der Waals surface area contributed by atoms with Crippen LogP contribution in [0, 0.1) is 0 Å². The molecule has 0 bridgehead atoms. The standard InChI is InChI=1S/C50H60N3O11P.C7H8O/c1-39(57-33-41-20-10-4-11-21-41)47(59-35-43-24-14-6-15-25-43)45(58-34-42-22-12-5-13-23-42)38-61-50-49(60-36-44-26-16-7-17-27-44)48(46(63-50)37-56-32-40-18-8-3-9-19-40)64-65(2,54)62-31-30-55-29-28-52-53-51;8-6-7-4-2-1-3-5-7/h3-27,39,45-50H,28-38H2,1-2H3;1-5,8H,6H2/t39?,45?,46-,47?,48+,49?,50-,65?;/m1./s1. The maximum absolute atomic E-state index is 14.1. The fourth-order valence-electron chi connectivity index (χ4n) is 7.66. The van der Waals surface area contributed by atoms with E-state index in [4.69, 9.17) is 57.6 Å². The zero-order chi connectivity index (χ0) is 51.2. The van der Waals surface area contributed by atoms with Crippen LogP contribution in [-0.2, 0) is 91.1 Å². The summed E-state index contributed by atoms with van der Waals surface area (Å²) >= 11 is 0. The van der Waals surface area contributed by atoms with Crippen LogP contribution in [0.4, 0.5) is 0 Å². The molecular formula is C57H68N3O12P. The molecular weight excluding hydrogens is 950 g/mol. The summed E-state index contributed by atoms with van der Waals surface area (Å²) in [4.78, 5) is 2.73. The van der Waals surface area contributed by atoms with Gasteiger partial charge >= 0.3 is 7.60 Å². The largest absolute Gasteiger partial charge is 0.392 e. The number of hydrogen-bond acceptors (Lipinski definition) is 13. The molecule has 0 radical (unpaired) electrons. The molecule has 7 rings (SSSR count). The summed E-state index contributed by atoms with van der Waals surface area (Å²) in [5.41, 5.74) is 14.4. The highest BCUT2D eigenvalue weighted by molar-refractivity contribution is 7.53. The summed E-state index contributed by atoms with van der Waals surface area (Å²) in [6.07, 6.45) is -5.40. The van der Waals surface area contributed by atoms with Crippen molar-refractivity contribution in [3.63, 3.8) is 0 Å². The lowest BCUT2D eigenvalue weighted by molar-refractivity contribution is -0.219. The molecule has 1 aliphatic rings. The number of benzene rings is 6. The van der Waals surface area contributed by atoms with Crippen molar-refractivity contribution in [3.05, 3.63) is 226 Å². The molecule has 1 N–H and O–H groups in total. The average molecular weight is 1020 g/mol. The highest BCUT2D eigenvalue weighted by Crippen LogP contribution is 2.48. The Balaban J connectivity index is 0.000000989. The minimum Gasteiger partial charge on any atom is -0.392 e. The van der Waals surface area contributed by atoms with Gasteiger partial charge in [0.1, 0.15) is 30.5 Å². The minimum atomic E-state index is -3.77. The summed E-state index contributed by atoms with van der Waals surface area (Å²) in [7, 11) is -3.77. The number of rotatable bonds is 31. The van der Waals surface area contributed by atoms with Crippen molar-refractivity contribution in [2.24, 2.45) is 5.11 Å². The Hall–Kier alpha value is -5.58. The van der Waals surface area contributed by atoms with Crippen LogP contribution in [0.25, 0.3) is 10.4 Å². The molecule has 1 heterocycles. The van der Waals surface area contributed by atoms with Crippen molar-refractivity contribution in [2.75, 3.05) is 46.2 Å². The topological polar surface area (TPSA) is 178 Å². The van der Waals surface area contributed by atoms with E-state index in [-0.39, 0.29) is 59.4 Å². The molecule has 15 nitrogen and oxygen atoms in total. The molecule has 6 aromatic carbocycles. The molecule has 1 fully saturated rings. The maximum Gasteiger partial charge on any atom is 0.328 e. The molecule has 388 valence electrons. The molecule has 8 atom stereocenters. The predicted octanol–water partition coefficient (Wildman–Crippen LogP) is 11.0. The fraction of sp³-hybridized carbons (Fsp3) is 0.368. The van der Waals surface area contributed by atoms with Crippen molar-refractivity contribution in [1.82, 2.24) is 0 Å². The SMILES string of the molecule is CC(OCc1ccccc1)C(OCc1ccccc1)C(CO[C@@H]1O[C@H](COCc2ccccc2)[C@H](OP(C)(=O)OCCOCCN=[N+]=[N-])C1OCc1ccccc1)OCc1ccccc1.OCc1ccccc1. The van der Waals surface area contributed by atoms with Crippen molar-refractivity contribution < 1.29 is 56.6 Å². The van der Waals surface area contributed by atoms with Gasteiger partial charge in [0.15, 0.2) is 6.29 Å². The minimum absolute atomic E-state index is 0.00102. The lowest BCUT2D eigenvalue weighted by Crippen LogP contribution is -2.45. The van der Waals surface area contributed by atoms with Gasteiger partial charge in [-0.2, -0.15) is 0 Å². The molecule has 73 heavy (non-hydrogen) atoms. The van der Waals surface area contributed by atoms with E-state index in [1.54, 1.807) is 0 Å². The van der Waals surface area contributed by atoms with E-state index in [0.717, 1.165) is 33.4 Å². The van der Waals surface area contributed by atoms with Gasteiger partial charge in [-0.05, 0) is 45.8 Å². The highest BCUT2D eigenvalue weighted by atomic mass is 31.2. The van der Waals surface area contributed by atoms with Gasteiger partial charge in [0.25, 0.3) is 0 Å². The summed E-state index contributed by atoms with van der Waals surface area (Å²) in [6.45, 7) is 5.45. The number of aliphatic hydroxyl groups excluding tert-OH is 1. The van der Waals surface area contributed by atoms with E-state index in [0.29, 0.717) is 19.8 Å². The summed E-state index contributed by atoms with van der Waals surface area (Å²) in [6, 6.07) is 58.8. The molecule has 0 saturated carbocycles. The molecule has 1 aliphatic heterocycles. The van der Waals surface area contributed by atoms with Gasteiger partial charge in [-0.3, -0.25) is 9.09 Å². The van der Waals surface area contributed by atoms with Gasteiger partial charge in [-0.25, -0.2) is 0 Å². The van der Waals surface area contributed by atoms with Crippen LogP contribution in [0.1, 0.15) is 40.3 Å². The summed E-state index contributed by atoms with van der Waals surface area (Å²) in [5, 5.41) is 12.0. The fourth-order valence-corrected chi connectivity index (χ4v) is 8.82. The second kappa shape index (κ2) is 32.6. The summed E-state index contributed by atoms with van der Waals surface area (Å²) < 4.78 is 77.9. The van der Waals surface area contributed by atoms with E-state index >= 15 is 0 Å². The van der Waals surface area contributed by atoms with Crippen molar-refractivity contribution in [1.29, 1.82) is 0 Å². The third-order valence-corrected chi connectivity index (χ3v) is 12.7. The Morgan fingerprint density at radius 1 is 0.589 bits per heavy atom. The van der Waals surface area contributed by atoms with Crippen LogP contribution in [0.2, 0.25) is 0 Å². The first-order valence-electron chi connectivity index (χ1n) is 24.4. The lowest BCUT2D eigenvalue weighted by atomic mass is 10.1. The van der Waals surface area contributed by atoms with E-state index in [9.17, 15) is 4.57 Å². The van der Waals surface area contributed by atoms with Crippen molar-refractivity contribution in [3.8, 4) is 0 Å². The van der Waals surface area contributed by atoms with Gasteiger partial charge in [0, 0.05) is 18.1 Å². The van der Waals surface area contributed by atoms with Gasteiger partial charge in [-0.1, -0.05) is 187 Å². The van der Waals surface area contributed by atoms with Crippen LogP contribution in [-0.4, -0.2) is 94.3 Å². The van der Waals surface area contributed by atoms with Crippen molar-refractivity contribution >= 4 is 7.60 Å². The number of hydrogen-bond donors (Lipinski definition) is 1. The monoisotopic (exact) mass is 1020 g/mol. The smallest absolute Gasteiger partial charge is 0.328 e. The van der Waals surface area contributed by atoms with Crippen LogP contribution >= 0.6 is 7.60 Å². The molecule has 0 spiro atoms. The van der Waals surface area contributed by atoms with E-state index < -0.39 is 50.5 Å². The lowest BCUT2D eigenvalue weighted by Gasteiger charge is -2.33. The molecule has 6 aromatic rings. The Morgan fingerprint density at radius 2 is 1.07 bits per heavy atom. The molecule has 1 saturated heterocycles. The maximum atomic E-state index is 14.1. The van der Waals surface area contributed by atoms with E-state index in [1.165, 1.54) is 6.66 Å². The van der Waals surface area contributed by atoms with Gasteiger partial charge in [0.2, 0.25) is 0 Å². The highest BCUT2D eigenvalue weighted by Gasteiger charge is 2.50. The van der Waals surface area contributed by atoms with Crippen LogP contribution in [0.3, 0.4) is 0 Å². The number of nitrogens with zero attached hydrogens (tertiary/aromatic N) is 3. The normalized spacial score (nSPS) is 18.3. The number of azide groups is 1. The molecule has 5 unspecified atom stereocenters. The average Bonchev–Trinajstić information content (AvgIpc) is 3.75. The zero-order valence-electron chi connectivity index (χ0n) is 41.6. The Morgan fingerprint density at radius 3 is 1.58 bits per heavy atom. The number of aliphatic hydroxyl groups is 1. The van der Waals surface area contributed by atoms with Crippen LogP contribution in [0.15, 0.2) is 187 Å². The van der Waals surface area contributed by atoms with E-state index in [1.807, 2.05) is 189 Å². The van der Waals surface area contributed by atoms with Gasteiger partial charge < -0.3 is 47.5 Å². The third-order valence-electron chi connectivity index (χ3n) is 11.4. The Kier molecular flexibility index (Phi) is 25.3.